The van der Waals surface area contributed by atoms with Crippen LogP contribution in [-0.4, -0.2) is 11.3 Å². The summed E-state index contributed by atoms with van der Waals surface area (Å²) in [5, 5.41) is 1.26. The summed E-state index contributed by atoms with van der Waals surface area (Å²) in [7, 11) is 0. The lowest BCUT2D eigenvalue weighted by Crippen LogP contribution is -1.88. The van der Waals surface area contributed by atoms with Crippen LogP contribution >= 0.6 is 39.3 Å². The third-order valence-electron chi connectivity index (χ3n) is 2.06. The number of hydrogen-bond donors (Lipinski definition) is 0. The Labute approximate surface area is 117 Å². The molecule has 0 fully saturated rings. The van der Waals surface area contributed by atoms with Crippen molar-refractivity contribution in [2.24, 2.45) is 0 Å². The summed E-state index contributed by atoms with van der Waals surface area (Å²) in [4.78, 5) is 16.0. The normalized spacial score (nSPS) is 10.2. The fraction of sp³-hybridized carbons (Fsp3) is 0. The molecule has 0 radical (unpaired) electrons. The molecule has 0 unspecified atom stereocenters. The molecule has 0 N–H and O–H groups in total. The molecule has 0 bridgehead atoms. The van der Waals surface area contributed by atoms with Crippen molar-refractivity contribution in [3.05, 3.63) is 51.6 Å². The second-order valence-electron chi connectivity index (χ2n) is 3.16. The van der Waals surface area contributed by atoms with Crippen LogP contribution in [0, 0.1) is 0 Å². The molecule has 1 aromatic heterocycles. The quantitative estimate of drug-likeness (QED) is 0.779. The Balaban J connectivity index is 2.40. The Morgan fingerprint density at radius 3 is 2.82 bits per heavy atom. The first kappa shape index (κ1) is 12.6. The molecule has 1 aromatic carbocycles. The Hall–Kier alpha value is -0.840. The topological polar surface area (TPSA) is 30.0 Å². The maximum Gasteiger partial charge on any atom is 0.152 e. The van der Waals surface area contributed by atoms with Crippen LogP contribution in [0.3, 0.4) is 0 Å². The van der Waals surface area contributed by atoms with Crippen molar-refractivity contribution in [3.8, 4) is 0 Å². The highest BCUT2D eigenvalue weighted by Gasteiger charge is 2.09. The van der Waals surface area contributed by atoms with Crippen molar-refractivity contribution in [3.63, 3.8) is 0 Å². The molecule has 1 heterocycles. The van der Waals surface area contributed by atoms with Crippen LogP contribution in [0.25, 0.3) is 0 Å². The average molecular weight is 329 g/mol. The van der Waals surface area contributed by atoms with E-state index in [9.17, 15) is 4.79 Å². The summed E-state index contributed by atoms with van der Waals surface area (Å²) in [5.74, 6) is 0. The van der Waals surface area contributed by atoms with Crippen molar-refractivity contribution >= 4 is 45.6 Å². The summed E-state index contributed by atoms with van der Waals surface area (Å²) >= 11 is 10.8. The molecular formula is C12H7BrClNOS. The predicted octanol–water partition coefficient (Wildman–Crippen LogP) is 4.46. The van der Waals surface area contributed by atoms with Crippen molar-refractivity contribution in [2.75, 3.05) is 0 Å². The Bertz CT molecular complexity index is 562. The fourth-order valence-electron chi connectivity index (χ4n) is 1.27. The first-order valence-electron chi connectivity index (χ1n) is 4.74. The number of rotatable bonds is 3. The highest BCUT2D eigenvalue weighted by Crippen LogP contribution is 2.35. The van der Waals surface area contributed by atoms with E-state index in [2.05, 4.69) is 20.9 Å². The van der Waals surface area contributed by atoms with Gasteiger partial charge in [-0.15, -0.1) is 0 Å². The third kappa shape index (κ3) is 2.89. The van der Waals surface area contributed by atoms with Crippen molar-refractivity contribution in [1.29, 1.82) is 0 Å². The van der Waals surface area contributed by atoms with Crippen LogP contribution in [0.4, 0.5) is 0 Å². The van der Waals surface area contributed by atoms with Gasteiger partial charge in [-0.2, -0.15) is 0 Å². The van der Waals surface area contributed by atoms with E-state index in [1.807, 2.05) is 24.3 Å². The molecule has 17 heavy (non-hydrogen) atoms. The van der Waals surface area contributed by atoms with Crippen LogP contribution in [0.1, 0.15) is 10.4 Å². The summed E-state index contributed by atoms with van der Waals surface area (Å²) in [6.07, 6.45) is 2.47. The van der Waals surface area contributed by atoms with E-state index in [0.29, 0.717) is 10.6 Å². The summed E-state index contributed by atoms with van der Waals surface area (Å²) in [5.41, 5.74) is 0.497. The minimum Gasteiger partial charge on any atom is -0.298 e. The molecule has 0 aliphatic carbocycles. The van der Waals surface area contributed by atoms with Crippen molar-refractivity contribution in [1.82, 2.24) is 4.98 Å². The molecule has 0 saturated heterocycles. The van der Waals surface area contributed by atoms with Crippen molar-refractivity contribution < 1.29 is 4.79 Å². The Kier molecular flexibility index (Phi) is 4.20. The summed E-state index contributed by atoms with van der Waals surface area (Å²) in [6.45, 7) is 0. The lowest BCUT2D eigenvalue weighted by molar-refractivity contribution is 0.112. The smallest absolute Gasteiger partial charge is 0.152 e. The van der Waals surface area contributed by atoms with Crippen LogP contribution < -0.4 is 0 Å². The largest absolute Gasteiger partial charge is 0.298 e. The zero-order valence-corrected chi connectivity index (χ0v) is 11.7. The van der Waals surface area contributed by atoms with E-state index < -0.39 is 0 Å². The number of aldehydes is 1. The van der Waals surface area contributed by atoms with Crippen LogP contribution in [0.2, 0.25) is 5.02 Å². The lowest BCUT2D eigenvalue weighted by Gasteiger charge is -2.06. The molecule has 0 atom stereocenters. The van der Waals surface area contributed by atoms with E-state index in [0.717, 1.165) is 20.7 Å². The zero-order valence-electron chi connectivity index (χ0n) is 8.56. The number of halogens is 2. The van der Waals surface area contributed by atoms with E-state index >= 15 is 0 Å². The number of carbonyl (C=O) groups excluding carboxylic acids is 1. The molecule has 0 saturated carbocycles. The average Bonchev–Trinajstić information content (AvgIpc) is 2.32. The maximum absolute atomic E-state index is 11.0. The minimum absolute atomic E-state index is 0.456. The molecule has 0 amide bonds. The predicted molar refractivity (Wildman–Crippen MR) is 72.9 cm³/mol. The Morgan fingerprint density at radius 1 is 1.29 bits per heavy atom. The molecule has 2 rings (SSSR count). The molecule has 0 spiro atoms. The first-order chi connectivity index (χ1) is 8.22. The number of aromatic nitrogens is 1. The minimum atomic E-state index is 0.456. The van der Waals surface area contributed by atoms with Gasteiger partial charge in [0.25, 0.3) is 0 Å². The van der Waals surface area contributed by atoms with Crippen LogP contribution in [-0.2, 0) is 0 Å². The van der Waals surface area contributed by atoms with Crippen LogP contribution in [0.15, 0.2) is 50.9 Å². The number of nitrogens with zero attached hydrogens (tertiary/aromatic N) is 1. The monoisotopic (exact) mass is 327 g/mol. The van der Waals surface area contributed by atoms with Gasteiger partial charge in [0, 0.05) is 16.7 Å². The summed E-state index contributed by atoms with van der Waals surface area (Å²) < 4.78 is 0.891. The van der Waals surface area contributed by atoms with E-state index in [1.54, 1.807) is 12.3 Å². The van der Waals surface area contributed by atoms with Gasteiger partial charge in [0.2, 0.25) is 0 Å². The van der Waals surface area contributed by atoms with E-state index in [-0.39, 0.29) is 0 Å². The fourth-order valence-corrected chi connectivity index (χ4v) is 2.95. The van der Waals surface area contributed by atoms with E-state index in [1.165, 1.54) is 11.8 Å². The number of hydrogen-bond acceptors (Lipinski definition) is 3. The van der Waals surface area contributed by atoms with Gasteiger partial charge in [-0.25, -0.2) is 4.98 Å². The highest BCUT2D eigenvalue weighted by molar-refractivity contribution is 9.10. The second kappa shape index (κ2) is 5.67. The number of pyridine rings is 1. The van der Waals surface area contributed by atoms with Gasteiger partial charge in [-0.1, -0.05) is 29.4 Å². The molecule has 2 aromatic rings. The first-order valence-corrected chi connectivity index (χ1v) is 6.73. The van der Waals surface area contributed by atoms with Gasteiger partial charge in [0.15, 0.2) is 6.29 Å². The van der Waals surface area contributed by atoms with Gasteiger partial charge in [-0.05, 0) is 40.2 Å². The zero-order chi connectivity index (χ0) is 12.3. The maximum atomic E-state index is 11.0. The van der Waals surface area contributed by atoms with Gasteiger partial charge in [0.1, 0.15) is 5.03 Å². The SMILES string of the molecule is O=Cc1c(Cl)cccc1Sc1ncccc1Br. The van der Waals surface area contributed by atoms with Gasteiger partial charge in [-0.3, -0.25) is 4.79 Å². The van der Waals surface area contributed by atoms with E-state index in [4.69, 9.17) is 11.6 Å². The number of carbonyl (C=O) groups is 1. The van der Waals surface area contributed by atoms with Gasteiger partial charge < -0.3 is 0 Å². The van der Waals surface area contributed by atoms with Crippen molar-refractivity contribution in [2.45, 2.75) is 9.92 Å². The standard InChI is InChI=1S/C12H7BrClNOS/c13-9-3-2-6-15-12(9)17-11-5-1-4-10(14)8(11)7-16/h1-7H. The second-order valence-corrected chi connectivity index (χ2v) is 5.45. The molecule has 0 aliphatic heterocycles. The molecule has 0 aliphatic rings. The lowest BCUT2D eigenvalue weighted by atomic mass is 10.2. The molecule has 86 valence electrons. The molecule has 5 heteroatoms. The van der Waals surface area contributed by atoms with Gasteiger partial charge in [0.05, 0.1) is 9.50 Å². The van der Waals surface area contributed by atoms with Gasteiger partial charge >= 0.3 is 0 Å². The van der Waals surface area contributed by atoms with Crippen LogP contribution in [0.5, 0.6) is 0 Å². The third-order valence-corrected chi connectivity index (χ3v) is 4.39. The molecular weight excluding hydrogens is 322 g/mol. The molecule has 2 nitrogen and oxygen atoms in total. The number of benzene rings is 1. The highest BCUT2D eigenvalue weighted by atomic mass is 79.9. The Morgan fingerprint density at radius 2 is 2.12 bits per heavy atom. The summed E-state index contributed by atoms with van der Waals surface area (Å²) in [6, 6.07) is 9.10.